The van der Waals surface area contributed by atoms with E-state index in [1.54, 1.807) is 12.1 Å². The van der Waals surface area contributed by atoms with Crippen LogP contribution in [0.1, 0.15) is 11.1 Å². The molecule has 2 aliphatic rings. The lowest BCUT2D eigenvalue weighted by Gasteiger charge is -2.20. The topological polar surface area (TPSA) is 94.4 Å². The lowest BCUT2D eigenvalue weighted by molar-refractivity contribution is -0.123. The molecule has 2 aromatic rings. The van der Waals surface area contributed by atoms with Gasteiger partial charge < -0.3 is 5.32 Å². The zero-order valence-electron chi connectivity index (χ0n) is 16.1. The van der Waals surface area contributed by atoms with Gasteiger partial charge in [0, 0.05) is 11.8 Å². The van der Waals surface area contributed by atoms with Gasteiger partial charge in [0.25, 0.3) is 11.8 Å². The number of hydrogen-bond donors (Lipinski definition) is 1. The Morgan fingerprint density at radius 3 is 2.40 bits per heavy atom. The zero-order chi connectivity index (χ0) is 21.6. The number of fused-ring (bicyclic) bond motifs is 1. The largest absolute Gasteiger partial charge is 0.324 e. The molecule has 30 heavy (non-hydrogen) atoms. The third-order valence-electron chi connectivity index (χ3n) is 4.83. The van der Waals surface area contributed by atoms with E-state index < -0.39 is 41.4 Å². The molecule has 2 aliphatic heterocycles. The van der Waals surface area contributed by atoms with E-state index in [4.69, 9.17) is 0 Å². The standard InChI is InChI=1S/C20H17F2N5O3/c1-10-5-11(2)7-12(6-10)23-16(28)9-26-18-17(24-25-26)19(29)27(20(18)30)13-3-4-14(21)15(22)8-13/h3-8,17-18H,9H2,1-2H3,(H,23,28). The van der Waals surface area contributed by atoms with E-state index in [1.165, 1.54) is 0 Å². The molecule has 3 amide bonds. The molecule has 0 saturated carbocycles. The Morgan fingerprint density at radius 2 is 1.73 bits per heavy atom. The number of carbonyl (C=O) groups is 3. The maximum Gasteiger partial charge on any atom is 0.263 e. The van der Waals surface area contributed by atoms with Crippen LogP contribution in [0.4, 0.5) is 20.2 Å². The summed E-state index contributed by atoms with van der Waals surface area (Å²) in [6.07, 6.45) is 0. The fourth-order valence-corrected chi connectivity index (χ4v) is 3.63. The van der Waals surface area contributed by atoms with Crippen LogP contribution in [0.15, 0.2) is 46.7 Å². The minimum absolute atomic E-state index is 0.104. The number of amides is 3. The number of carbonyl (C=O) groups excluding carboxylic acids is 3. The van der Waals surface area contributed by atoms with Crippen LogP contribution in [-0.2, 0) is 14.4 Å². The second kappa shape index (κ2) is 7.29. The molecule has 1 fully saturated rings. The van der Waals surface area contributed by atoms with E-state index in [-0.39, 0.29) is 12.2 Å². The van der Waals surface area contributed by atoms with Crippen molar-refractivity contribution in [3.05, 3.63) is 59.2 Å². The van der Waals surface area contributed by atoms with Crippen LogP contribution in [0, 0.1) is 25.5 Å². The molecule has 10 heteroatoms. The number of aryl methyl sites for hydroxylation is 2. The van der Waals surface area contributed by atoms with Crippen LogP contribution < -0.4 is 10.2 Å². The fourth-order valence-electron chi connectivity index (χ4n) is 3.63. The molecular weight excluding hydrogens is 396 g/mol. The second-order valence-electron chi connectivity index (χ2n) is 7.23. The van der Waals surface area contributed by atoms with Gasteiger partial charge in [-0.3, -0.25) is 19.4 Å². The maximum atomic E-state index is 13.6. The number of anilines is 2. The molecule has 0 aliphatic carbocycles. The van der Waals surface area contributed by atoms with E-state index in [0.29, 0.717) is 5.69 Å². The Kier molecular flexibility index (Phi) is 4.76. The summed E-state index contributed by atoms with van der Waals surface area (Å²) in [5, 5.41) is 11.5. The first-order valence-corrected chi connectivity index (χ1v) is 9.13. The van der Waals surface area contributed by atoms with E-state index in [1.807, 2.05) is 19.9 Å². The van der Waals surface area contributed by atoms with E-state index in [0.717, 1.165) is 39.2 Å². The second-order valence-corrected chi connectivity index (χ2v) is 7.23. The van der Waals surface area contributed by atoms with Crippen molar-refractivity contribution in [2.24, 2.45) is 10.3 Å². The molecule has 1 N–H and O–H groups in total. The number of nitrogens with zero attached hydrogens (tertiary/aromatic N) is 4. The van der Waals surface area contributed by atoms with Gasteiger partial charge in [0.15, 0.2) is 23.7 Å². The highest BCUT2D eigenvalue weighted by Crippen LogP contribution is 2.32. The Bertz CT molecular complexity index is 1080. The van der Waals surface area contributed by atoms with Gasteiger partial charge in [-0.15, -0.1) is 0 Å². The highest BCUT2D eigenvalue weighted by Gasteiger charge is 2.55. The molecule has 0 spiro atoms. The number of halogens is 2. The third-order valence-corrected chi connectivity index (χ3v) is 4.83. The molecule has 2 atom stereocenters. The van der Waals surface area contributed by atoms with Crippen molar-refractivity contribution in [1.82, 2.24) is 5.01 Å². The lowest BCUT2D eigenvalue weighted by atomic mass is 10.1. The van der Waals surface area contributed by atoms with Crippen LogP contribution in [0.3, 0.4) is 0 Å². The summed E-state index contributed by atoms with van der Waals surface area (Å²) in [7, 11) is 0. The first kappa shape index (κ1) is 19.6. The summed E-state index contributed by atoms with van der Waals surface area (Å²) in [6.45, 7) is 3.50. The van der Waals surface area contributed by atoms with Gasteiger partial charge >= 0.3 is 0 Å². The Labute approximate surface area is 170 Å². The predicted octanol–water partition coefficient (Wildman–Crippen LogP) is 2.51. The maximum absolute atomic E-state index is 13.6. The number of hydrogen-bond acceptors (Lipinski definition) is 6. The van der Waals surface area contributed by atoms with Crippen LogP contribution in [-0.4, -0.2) is 41.4 Å². The fraction of sp³-hybridized carbons (Fsp3) is 0.250. The van der Waals surface area contributed by atoms with Gasteiger partial charge in [0.05, 0.1) is 5.69 Å². The first-order chi connectivity index (χ1) is 14.2. The Balaban J connectivity index is 1.50. The van der Waals surface area contributed by atoms with Gasteiger partial charge in [0.2, 0.25) is 5.91 Å². The summed E-state index contributed by atoms with van der Waals surface area (Å²) < 4.78 is 26.8. The smallest absolute Gasteiger partial charge is 0.263 e. The summed E-state index contributed by atoms with van der Waals surface area (Å²) in [6, 6.07) is 6.03. The van der Waals surface area contributed by atoms with Gasteiger partial charge in [0.1, 0.15) is 6.54 Å². The SMILES string of the molecule is Cc1cc(C)cc(NC(=O)CN2N=NC3C(=O)N(c4ccc(F)c(F)c4)C(=O)C32)c1. The van der Waals surface area contributed by atoms with Crippen molar-refractivity contribution in [2.45, 2.75) is 25.9 Å². The average Bonchev–Trinajstić information content (AvgIpc) is 3.17. The molecule has 1 saturated heterocycles. The molecule has 4 rings (SSSR count). The number of nitrogens with one attached hydrogen (secondary N) is 1. The summed E-state index contributed by atoms with van der Waals surface area (Å²) in [4.78, 5) is 38.6. The van der Waals surface area contributed by atoms with Crippen molar-refractivity contribution in [3.8, 4) is 0 Å². The first-order valence-electron chi connectivity index (χ1n) is 9.13. The third kappa shape index (κ3) is 3.40. The van der Waals surface area contributed by atoms with Crippen molar-refractivity contribution >= 4 is 29.1 Å². The molecule has 8 nitrogen and oxygen atoms in total. The lowest BCUT2D eigenvalue weighted by Crippen LogP contribution is -2.43. The van der Waals surface area contributed by atoms with Crippen molar-refractivity contribution in [2.75, 3.05) is 16.8 Å². The van der Waals surface area contributed by atoms with Gasteiger partial charge in [-0.2, -0.15) is 5.11 Å². The van der Waals surface area contributed by atoms with Crippen molar-refractivity contribution in [1.29, 1.82) is 0 Å². The molecule has 2 unspecified atom stereocenters. The summed E-state index contributed by atoms with van der Waals surface area (Å²) in [5.74, 6) is -4.14. The molecule has 2 aromatic carbocycles. The normalized spacial score (nSPS) is 20.1. The van der Waals surface area contributed by atoms with Crippen LogP contribution >= 0.6 is 0 Å². The van der Waals surface area contributed by atoms with Crippen molar-refractivity contribution in [3.63, 3.8) is 0 Å². The average molecular weight is 413 g/mol. The van der Waals surface area contributed by atoms with E-state index in [2.05, 4.69) is 15.7 Å². The van der Waals surface area contributed by atoms with E-state index >= 15 is 0 Å². The quantitative estimate of drug-likeness (QED) is 0.780. The molecule has 2 heterocycles. The predicted molar refractivity (Wildman–Crippen MR) is 103 cm³/mol. The minimum Gasteiger partial charge on any atom is -0.324 e. The molecule has 0 bridgehead atoms. The zero-order valence-corrected chi connectivity index (χ0v) is 16.1. The minimum atomic E-state index is -1.18. The number of benzene rings is 2. The number of imide groups is 1. The molecule has 0 radical (unpaired) electrons. The monoisotopic (exact) mass is 413 g/mol. The molecule has 0 aromatic heterocycles. The van der Waals surface area contributed by atoms with E-state index in [9.17, 15) is 23.2 Å². The Morgan fingerprint density at radius 1 is 1.03 bits per heavy atom. The highest BCUT2D eigenvalue weighted by atomic mass is 19.2. The number of rotatable bonds is 4. The molecular formula is C20H17F2N5O3. The van der Waals surface area contributed by atoms with Crippen LogP contribution in [0.25, 0.3) is 0 Å². The Hall–Kier alpha value is -3.69. The van der Waals surface area contributed by atoms with Crippen LogP contribution in [0.2, 0.25) is 0 Å². The van der Waals surface area contributed by atoms with Crippen LogP contribution in [0.5, 0.6) is 0 Å². The highest BCUT2D eigenvalue weighted by molar-refractivity contribution is 6.25. The van der Waals surface area contributed by atoms with Crippen molar-refractivity contribution < 1.29 is 23.2 Å². The summed E-state index contributed by atoms with van der Waals surface area (Å²) >= 11 is 0. The van der Waals surface area contributed by atoms with Gasteiger partial charge in [-0.25, -0.2) is 13.7 Å². The molecule has 154 valence electrons. The van der Waals surface area contributed by atoms with Gasteiger partial charge in [-0.05, 0) is 49.2 Å². The summed E-state index contributed by atoms with van der Waals surface area (Å²) in [5.41, 5.74) is 2.45. The van der Waals surface area contributed by atoms with Gasteiger partial charge in [-0.1, -0.05) is 11.3 Å².